The summed E-state index contributed by atoms with van der Waals surface area (Å²) in [6.07, 6.45) is 2.69. The van der Waals surface area contributed by atoms with Crippen molar-refractivity contribution >= 4 is 11.5 Å². The number of hydrogen-bond acceptors (Lipinski definition) is 3. The molecule has 4 aromatic rings. The Morgan fingerprint density at radius 3 is 1.85 bits per heavy atom. The predicted molar refractivity (Wildman–Crippen MR) is 132 cm³/mol. The number of fused-ring (bicyclic) bond motifs is 1. The fraction of sp³-hybridized carbons (Fsp3) is 0.100. The lowest BCUT2D eigenvalue weighted by molar-refractivity contribution is -0.0611. The van der Waals surface area contributed by atoms with Crippen molar-refractivity contribution in [3.05, 3.63) is 150 Å². The van der Waals surface area contributed by atoms with Crippen molar-refractivity contribution in [2.24, 2.45) is 5.10 Å². The maximum absolute atomic E-state index is 6.68. The second kappa shape index (κ2) is 8.10. The van der Waals surface area contributed by atoms with Crippen LogP contribution in [0, 0.1) is 0 Å². The first-order valence-corrected chi connectivity index (χ1v) is 11.3. The second-order valence-corrected chi connectivity index (χ2v) is 8.48. The normalized spacial score (nSPS) is 21.6. The largest absolute Gasteiger partial charge is 0.464 e. The lowest BCUT2D eigenvalue weighted by Crippen LogP contribution is -2.44. The summed E-state index contributed by atoms with van der Waals surface area (Å²) in [6.45, 7) is 0. The minimum Gasteiger partial charge on any atom is -0.464 e. The summed E-state index contributed by atoms with van der Waals surface area (Å²) in [5.74, 6) is 0.883. The molecule has 2 aliphatic rings. The minimum atomic E-state index is -0.448. The quantitative estimate of drug-likeness (QED) is 0.359. The van der Waals surface area contributed by atoms with E-state index < -0.39 is 5.54 Å². The van der Waals surface area contributed by atoms with Crippen LogP contribution in [0.1, 0.15) is 34.9 Å². The van der Waals surface area contributed by atoms with Gasteiger partial charge in [-0.3, -0.25) is 0 Å². The Morgan fingerprint density at radius 1 is 0.667 bits per heavy atom. The summed E-state index contributed by atoms with van der Waals surface area (Å²) in [6, 6.07) is 41.9. The third-order valence-corrected chi connectivity index (χ3v) is 6.43. The van der Waals surface area contributed by atoms with Crippen LogP contribution >= 0.6 is 0 Å². The van der Waals surface area contributed by atoms with E-state index >= 15 is 0 Å². The zero-order valence-corrected chi connectivity index (χ0v) is 18.2. The SMILES string of the molecule is C1=C(c2ccccc2)OC(c2ccccc2)N2N=C(c3ccccc3)CC12c1ccccc1. The number of nitrogens with zero attached hydrogens (tertiary/aromatic N) is 2. The van der Waals surface area contributed by atoms with Gasteiger partial charge in [-0.15, -0.1) is 0 Å². The fourth-order valence-corrected chi connectivity index (χ4v) is 4.81. The Morgan fingerprint density at radius 2 is 1.21 bits per heavy atom. The molecule has 160 valence electrons. The lowest BCUT2D eigenvalue weighted by atomic mass is 9.81. The van der Waals surface area contributed by atoms with Crippen LogP contribution in [0.5, 0.6) is 0 Å². The van der Waals surface area contributed by atoms with Gasteiger partial charge in [-0.2, -0.15) is 5.10 Å². The van der Waals surface area contributed by atoms with Gasteiger partial charge in [0.25, 0.3) is 0 Å². The van der Waals surface area contributed by atoms with E-state index in [1.54, 1.807) is 0 Å². The van der Waals surface area contributed by atoms with E-state index in [0.717, 1.165) is 34.6 Å². The zero-order valence-electron chi connectivity index (χ0n) is 18.2. The van der Waals surface area contributed by atoms with Gasteiger partial charge in [0.2, 0.25) is 6.23 Å². The van der Waals surface area contributed by atoms with Crippen molar-refractivity contribution in [2.75, 3.05) is 0 Å². The van der Waals surface area contributed by atoms with Crippen LogP contribution in [-0.4, -0.2) is 10.7 Å². The third-order valence-electron chi connectivity index (χ3n) is 6.43. The lowest BCUT2D eigenvalue weighted by Gasteiger charge is -2.44. The average Bonchev–Trinajstić information content (AvgIpc) is 3.31. The van der Waals surface area contributed by atoms with Crippen LogP contribution in [0.15, 0.2) is 133 Å². The first-order chi connectivity index (χ1) is 16.3. The standard InChI is InChI=1S/C30H24N2O/c1-5-13-23(14-6-1)27-21-30(26-19-11-4-12-20-26)22-28(24-15-7-2-8-16-24)33-29(32(30)31-27)25-17-9-3-10-18-25/h1-20,22,29H,21H2. The number of hydrazone groups is 1. The van der Waals surface area contributed by atoms with E-state index in [9.17, 15) is 0 Å². The van der Waals surface area contributed by atoms with Gasteiger partial charge in [-0.25, -0.2) is 5.01 Å². The third kappa shape index (κ3) is 3.42. The Bertz CT molecular complexity index is 1300. The Kier molecular flexibility index (Phi) is 4.80. The Hall–Kier alpha value is -4.11. The van der Waals surface area contributed by atoms with E-state index in [-0.39, 0.29) is 6.23 Å². The molecule has 3 nitrogen and oxygen atoms in total. The summed E-state index contributed by atoms with van der Waals surface area (Å²) < 4.78 is 6.68. The Balaban J connectivity index is 1.58. The second-order valence-electron chi connectivity index (χ2n) is 8.48. The predicted octanol–water partition coefficient (Wildman–Crippen LogP) is 6.76. The summed E-state index contributed by atoms with van der Waals surface area (Å²) in [4.78, 5) is 0. The van der Waals surface area contributed by atoms with Gasteiger partial charge in [0.15, 0.2) is 0 Å². The first-order valence-electron chi connectivity index (χ1n) is 11.3. The van der Waals surface area contributed by atoms with Crippen molar-refractivity contribution in [3.8, 4) is 0 Å². The zero-order chi connectivity index (χ0) is 22.1. The van der Waals surface area contributed by atoms with Gasteiger partial charge < -0.3 is 4.74 Å². The van der Waals surface area contributed by atoms with Crippen LogP contribution in [0.3, 0.4) is 0 Å². The average molecular weight is 429 g/mol. The molecule has 0 aliphatic carbocycles. The van der Waals surface area contributed by atoms with Crippen LogP contribution in [0.4, 0.5) is 0 Å². The van der Waals surface area contributed by atoms with E-state index in [1.165, 1.54) is 5.56 Å². The van der Waals surface area contributed by atoms with Crippen molar-refractivity contribution in [2.45, 2.75) is 18.2 Å². The molecule has 0 radical (unpaired) electrons. The summed E-state index contributed by atoms with van der Waals surface area (Å²) in [7, 11) is 0. The van der Waals surface area contributed by atoms with Crippen molar-refractivity contribution < 1.29 is 4.74 Å². The van der Waals surface area contributed by atoms with Crippen LogP contribution in [-0.2, 0) is 10.3 Å². The molecule has 2 heterocycles. The monoisotopic (exact) mass is 428 g/mol. The first kappa shape index (κ1) is 19.6. The highest BCUT2D eigenvalue weighted by Crippen LogP contribution is 2.51. The van der Waals surface area contributed by atoms with E-state index in [2.05, 4.69) is 114 Å². The molecule has 3 heteroatoms. The van der Waals surface area contributed by atoms with Gasteiger partial charge in [0.05, 0.1) is 5.71 Å². The highest BCUT2D eigenvalue weighted by Gasteiger charge is 2.50. The molecule has 0 aromatic heterocycles. The summed E-state index contributed by atoms with van der Waals surface area (Å²) in [5.41, 5.74) is 5.12. The molecule has 33 heavy (non-hydrogen) atoms. The van der Waals surface area contributed by atoms with Gasteiger partial charge in [-0.05, 0) is 17.2 Å². The molecule has 0 spiro atoms. The molecule has 0 amide bonds. The molecule has 4 aromatic carbocycles. The highest BCUT2D eigenvalue weighted by atomic mass is 16.5. The molecule has 0 bridgehead atoms. The Labute approximate surface area is 194 Å². The molecular weight excluding hydrogens is 404 g/mol. The number of ether oxygens (including phenoxy) is 1. The highest BCUT2D eigenvalue weighted by molar-refractivity contribution is 6.02. The van der Waals surface area contributed by atoms with Gasteiger partial charge in [0, 0.05) is 17.5 Å². The minimum absolute atomic E-state index is 0.340. The fourth-order valence-electron chi connectivity index (χ4n) is 4.81. The van der Waals surface area contributed by atoms with Crippen molar-refractivity contribution in [3.63, 3.8) is 0 Å². The molecule has 0 N–H and O–H groups in total. The molecule has 0 fully saturated rings. The molecular formula is C30H24N2O. The molecule has 2 unspecified atom stereocenters. The van der Waals surface area contributed by atoms with Crippen molar-refractivity contribution in [1.82, 2.24) is 5.01 Å². The smallest absolute Gasteiger partial charge is 0.214 e. The van der Waals surface area contributed by atoms with Gasteiger partial charge in [-0.1, -0.05) is 121 Å². The molecule has 2 atom stereocenters. The molecule has 0 saturated heterocycles. The summed E-state index contributed by atoms with van der Waals surface area (Å²) in [5, 5.41) is 7.35. The molecule has 6 rings (SSSR count). The number of rotatable bonds is 4. The maximum Gasteiger partial charge on any atom is 0.214 e. The molecule has 0 saturated carbocycles. The van der Waals surface area contributed by atoms with E-state index in [4.69, 9.17) is 9.84 Å². The number of hydrogen-bond donors (Lipinski definition) is 0. The van der Waals surface area contributed by atoms with Crippen LogP contribution in [0.2, 0.25) is 0 Å². The number of benzene rings is 4. The van der Waals surface area contributed by atoms with Crippen molar-refractivity contribution in [1.29, 1.82) is 0 Å². The van der Waals surface area contributed by atoms with Gasteiger partial charge in [0.1, 0.15) is 11.3 Å². The molecule has 2 aliphatic heterocycles. The van der Waals surface area contributed by atoms with E-state index in [0.29, 0.717) is 0 Å². The van der Waals surface area contributed by atoms with Gasteiger partial charge >= 0.3 is 0 Å². The van der Waals surface area contributed by atoms with Crippen LogP contribution in [0.25, 0.3) is 5.76 Å². The summed E-state index contributed by atoms with van der Waals surface area (Å²) >= 11 is 0. The maximum atomic E-state index is 6.68. The topological polar surface area (TPSA) is 24.8 Å². The van der Waals surface area contributed by atoms with Crippen LogP contribution < -0.4 is 0 Å². The van der Waals surface area contributed by atoms with E-state index in [1.807, 2.05) is 18.2 Å².